The van der Waals surface area contributed by atoms with Gasteiger partial charge in [-0.2, -0.15) is 14.6 Å². The molecule has 1 N–H and O–H groups in total. The summed E-state index contributed by atoms with van der Waals surface area (Å²) in [4.78, 5) is 8.58. The lowest BCUT2D eigenvalue weighted by Gasteiger charge is -2.13. The topological polar surface area (TPSA) is 64.3 Å². The maximum absolute atomic E-state index is 5.86. The second-order valence-corrected chi connectivity index (χ2v) is 6.31. The first kappa shape index (κ1) is 17.0. The quantitative estimate of drug-likeness (QED) is 0.529. The summed E-state index contributed by atoms with van der Waals surface area (Å²) in [5.41, 5.74) is 4.37. The molecule has 0 aliphatic carbocycles. The number of nitrogens with one attached hydrogen (secondary N) is 1. The maximum atomic E-state index is 5.86. The van der Waals surface area contributed by atoms with Crippen LogP contribution in [0.1, 0.15) is 11.3 Å². The summed E-state index contributed by atoms with van der Waals surface area (Å²) in [5.74, 6) is 2.35. The Balaban J connectivity index is 1.37. The lowest BCUT2D eigenvalue weighted by Crippen LogP contribution is -2.16. The highest BCUT2D eigenvalue weighted by atomic mass is 16.5. The van der Waals surface area contributed by atoms with Crippen LogP contribution in [0.2, 0.25) is 0 Å². The first-order valence-electron chi connectivity index (χ1n) is 8.91. The van der Waals surface area contributed by atoms with E-state index in [4.69, 9.17) is 4.74 Å². The van der Waals surface area contributed by atoms with Crippen LogP contribution >= 0.6 is 0 Å². The van der Waals surface area contributed by atoms with Gasteiger partial charge in [-0.15, -0.1) is 0 Å². The number of benzene rings is 2. The van der Waals surface area contributed by atoms with Gasteiger partial charge in [-0.05, 0) is 37.1 Å². The highest BCUT2D eigenvalue weighted by Crippen LogP contribution is 2.22. The summed E-state index contributed by atoms with van der Waals surface area (Å²) in [6, 6.07) is 18.5. The molecule has 0 saturated carbocycles. The molecule has 4 aromatic rings. The van der Waals surface area contributed by atoms with Gasteiger partial charge >= 0.3 is 0 Å². The Bertz CT molecular complexity index is 1040. The van der Waals surface area contributed by atoms with Crippen molar-refractivity contribution in [3.05, 3.63) is 72.2 Å². The summed E-state index contributed by atoms with van der Waals surface area (Å²) in [6.45, 7) is 5.19. The van der Waals surface area contributed by atoms with E-state index in [1.807, 2.05) is 44.2 Å². The van der Waals surface area contributed by atoms with E-state index in [0.29, 0.717) is 18.9 Å². The number of aryl methyl sites for hydroxylation is 1. The monoisotopic (exact) mass is 359 g/mol. The van der Waals surface area contributed by atoms with Crippen LogP contribution in [0, 0.1) is 13.8 Å². The SMILES string of the molecule is Cc1nc2ncnn2c(NCCOc2ccc(-c3ccccc3)cc2)c1C. The average Bonchev–Trinajstić information content (AvgIpc) is 3.17. The van der Waals surface area contributed by atoms with Gasteiger partial charge in [0.1, 0.15) is 24.5 Å². The van der Waals surface area contributed by atoms with E-state index in [2.05, 4.69) is 44.6 Å². The first-order chi connectivity index (χ1) is 13.2. The predicted octanol–water partition coefficient (Wildman–Crippen LogP) is 3.90. The number of aromatic nitrogens is 4. The third-order valence-electron chi connectivity index (χ3n) is 4.53. The number of rotatable bonds is 6. The average molecular weight is 359 g/mol. The van der Waals surface area contributed by atoms with Crippen molar-refractivity contribution in [3.63, 3.8) is 0 Å². The fourth-order valence-corrected chi connectivity index (χ4v) is 2.95. The summed E-state index contributed by atoms with van der Waals surface area (Å²) in [6.07, 6.45) is 1.51. The maximum Gasteiger partial charge on any atom is 0.254 e. The standard InChI is InChI=1S/C21H21N5O/c1-15-16(2)25-21-23-14-24-26(21)20(15)22-12-13-27-19-10-8-18(9-11-19)17-6-4-3-5-7-17/h3-11,14,22H,12-13H2,1-2H3. The van der Waals surface area contributed by atoms with Gasteiger partial charge in [0, 0.05) is 11.3 Å². The summed E-state index contributed by atoms with van der Waals surface area (Å²) >= 11 is 0. The van der Waals surface area contributed by atoms with Crippen molar-refractivity contribution in [2.24, 2.45) is 0 Å². The number of ether oxygens (including phenoxy) is 1. The molecule has 0 unspecified atom stereocenters. The molecule has 27 heavy (non-hydrogen) atoms. The van der Waals surface area contributed by atoms with Gasteiger partial charge in [0.15, 0.2) is 0 Å². The summed E-state index contributed by atoms with van der Waals surface area (Å²) in [5, 5.41) is 7.62. The van der Waals surface area contributed by atoms with Crippen molar-refractivity contribution in [2.75, 3.05) is 18.5 Å². The van der Waals surface area contributed by atoms with E-state index < -0.39 is 0 Å². The van der Waals surface area contributed by atoms with Gasteiger partial charge in [-0.3, -0.25) is 0 Å². The lowest BCUT2D eigenvalue weighted by atomic mass is 10.1. The molecule has 2 aromatic heterocycles. The van der Waals surface area contributed by atoms with Gasteiger partial charge in [-0.25, -0.2) is 4.98 Å². The zero-order valence-corrected chi connectivity index (χ0v) is 15.4. The molecule has 0 atom stereocenters. The van der Waals surface area contributed by atoms with Gasteiger partial charge in [-0.1, -0.05) is 42.5 Å². The van der Waals surface area contributed by atoms with Crippen molar-refractivity contribution >= 4 is 11.6 Å². The molecular weight excluding hydrogens is 338 g/mol. The molecule has 2 aromatic carbocycles. The molecule has 6 nitrogen and oxygen atoms in total. The number of fused-ring (bicyclic) bond motifs is 1. The molecule has 2 heterocycles. The minimum atomic E-state index is 0.543. The van der Waals surface area contributed by atoms with Crippen LogP contribution in [0.25, 0.3) is 16.9 Å². The predicted molar refractivity (Wildman–Crippen MR) is 106 cm³/mol. The molecule has 0 aliphatic heterocycles. The van der Waals surface area contributed by atoms with Gasteiger partial charge in [0.25, 0.3) is 5.78 Å². The first-order valence-corrected chi connectivity index (χ1v) is 8.91. The molecule has 0 fully saturated rings. The van der Waals surface area contributed by atoms with Crippen LogP contribution in [-0.4, -0.2) is 32.7 Å². The zero-order valence-electron chi connectivity index (χ0n) is 15.4. The summed E-state index contributed by atoms with van der Waals surface area (Å²) in [7, 11) is 0. The molecule has 0 amide bonds. The van der Waals surface area contributed by atoms with Crippen LogP contribution < -0.4 is 10.1 Å². The van der Waals surface area contributed by atoms with E-state index in [-0.39, 0.29) is 0 Å². The Kier molecular flexibility index (Phi) is 4.70. The molecule has 0 spiro atoms. The van der Waals surface area contributed by atoms with E-state index in [1.165, 1.54) is 17.5 Å². The van der Waals surface area contributed by atoms with Crippen LogP contribution in [0.15, 0.2) is 60.9 Å². The molecule has 0 bridgehead atoms. The van der Waals surface area contributed by atoms with Crippen molar-refractivity contribution < 1.29 is 4.74 Å². The Morgan fingerprint density at radius 2 is 1.70 bits per heavy atom. The fraction of sp³-hybridized carbons (Fsp3) is 0.190. The summed E-state index contributed by atoms with van der Waals surface area (Å²) < 4.78 is 7.58. The highest BCUT2D eigenvalue weighted by Gasteiger charge is 2.10. The molecule has 6 heteroatoms. The van der Waals surface area contributed by atoms with E-state index in [1.54, 1.807) is 4.52 Å². The van der Waals surface area contributed by atoms with Crippen LogP contribution in [0.5, 0.6) is 5.75 Å². The normalized spacial score (nSPS) is 10.9. The number of nitrogens with zero attached hydrogens (tertiary/aromatic N) is 4. The second-order valence-electron chi connectivity index (χ2n) is 6.31. The van der Waals surface area contributed by atoms with E-state index >= 15 is 0 Å². The van der Waals surface area contributed by atoms with Crippen LogP contribution in [0.4, 0.5) is 5.82 Å². The van der Waals surface area contributed by atoms with Gasteiger partial charge in [0.2, 0.25) is 0 Å². The van der Waals surface area contributed by atoms with Gasteiger partial charge < -0.3 is 10.1 Å². The third kappa shape index (κ3) is 3.60. The molecule has 0 aliphatic rings. The largest absolute Gasteiger partial charge is 0.492 e. The molecule has 4 rings (SSSR count). The van der Waals surface area contributed by atoms with Crippen LogP contribution in [0.3, 0.4) is 0 Å². The van der Waals surface area contributed by atoms with E-state index in [9.17, 15) is 0 Å². The van der Waals surface area contributed by atoms with Crippen molar-refractivity contribution in [1.29, 1.82) is 0 Å². The van der Waals surface area contributed by atoms with E-state index in [0.717, 1.165) is 22.8 Å². The molecule has 0 radical (unpaired) electrons. The van der Waals surface area contributed by atoms with Crippen molar-refractivity contribution in [1.82, 2.24) is 19.6 Å². The minimum Gasteiger partial charge on any atom is -0.492 e. The Morgan fingerprint density at radius 1 is 0.963 bits per heavy atom. The smallest absolute Gasteiger partial charge is 0.254 e. The fourth-order valence-electron chi connectivity index (χ4n) is 2.95. The third-order valence-corrected chi connectivity index (χ3v) is 4.53. The molecular formula is C21H21N5O. The number of anilines is 1. The highest BCUT2D eigenvalue weighted by molar-refractivity contribution is 5.63. The lowest BCUT2D eigenvalue weighted by molar-refractivity contribution is 0.332. The number of hydrogen-bond acceptors (Lipinski definition) is 5. The number of hydrogen-bond donors (Lipinski definition) is 1. The molecule has 136 valence electrons. The Morgan fingerprint density at radius 3 is 2.48 bits per heavy atom. The van der Waals surface area contributed by atoms with Crippen LogP contribution in [-0.2, 0) is 0 Å². The molecule has 0 saturated heterocycles. The Hall–Kier alpha value is -3.41. The van der Waals surface area contributed by atoms with Gasteiger partial charge in [0.05, 0.1) is 6.54 Å². The Labute approximate surface area is 157 Å². The zero-order chi connectivity index (χ0) is 18.6. The van der Waals surface area contributed by atoms with Crippen molar-refractivity contribution in [2.45, 2.75) is 13.8 Å². The second kappa shape index (κ2) is 7.45. The van der Waals surface area contributed by atoms with Crippen molar-refractivity contribution in [3.8, 4) is 16.9 Å². The minimum absolute atomic E-state index is 0.543.